The summed E-state index contributed by atoms with van der Waals surface area (Å²) in [5.74, 6) is -0.269. The monoisotopic (exact) mass is 445 g/mol. The molecule has 0 spiro atoms. The molecule has 1 aromatic heterocycles. The van der Waals surface area contributed by atoms with Crippen LogP contribution in [-0.4, -0.2) is 35.9 Å². The number of anilines is 2. The zero-order chi connectivity index (χ0) is 22.4. The Balaban J connectivity index is 1.71. The first-order chi connectivity index (χ1) is 14.9. The smallest absolute Gasteiger partial charge is 0.329 e. The van der Waals surface area contributed by atoms with Gasteiger partial charge >= 0.3 is 5.97 Å². The minimum Gasteiger partial charge on any atom is -0.495 e. The van der Waals surface area contributed by atoms with E-state index in [2.05, 4.69) is 10.3 Å². The summed E-state index contributed by atoms with van der Waals surface area (Å²) in [7, 11) is 1.54. The van der Waals surface area contributed by atoms with E-state index in [0.717, 1.165) is 25.7 Å². The second-order valence-corrected chi connectivity index (χ2v) is 8.31. The molecule has 0 aliphatic heterocycles. The van der Waals surface area contributed by atoms with Crippen LogP contribution in [0, 0.1) is 5.92 Å². The minimum absolute atomic E-state index is 0.0319. The van der Waals surface area contributed by atoms with Gasteiger partial charge in [0.15, 0.2) is 5.13 Å². The number of benzene rings is 1. The fourth-order valence-electron chi connectivity index (χ4n) is 3.80. The molecule has 1 unspecified atom stereocenters. The number of hydrogen-bond donors (Lipinski definition) is 1. The molecule has 2 amide bonds. The molecule has 1 aliphatic carbocycles. The Morgan fingerprint density at radius 2 is 1.94 bits per heavy atom. The van der Waals surface area contributed by atoms with Gasteiger partial charge in [0.05, 0.1) is 18.5 Å². The Labute approximate surface area is 185 Å². The van der Waals surface area contributed by atoms with Gasteiger partial charge in [-0.2, -0.15) is 0 Å². The lowest BCUT2D eigenvalue weighted by Crippen LogP contribution is -2.45. The molecule has 31 heavy (non-hydrogen) atoms. The lowest BCUT2D eigenvalue weighted by Gasteiger charge is -2.22. The fourth-order valence-corrected chi connectivity index (χ4v) is 4.67. The summed E-state index contributed by atoms with van der Waals surface area (Å²) in [6.45, 7) is 2.82. The number of carbonyl (C=O) groups is 3. The maximum Gasteiger partial charge on any atom is 0.329 e. The van der Waals surface area contributed by atoms with Gasteiger partial charge in [-0.3, -0.25) is 14.5 Å². The highest BCUT2D eigenvalue weighted by Crippen LogP contribution is 2.35. The van der Waals surface area contributed by atoms with Crippen molar-refractivity contribution in [3.63, 3.8) is 0 Å². The molecule has 166 valence electrons. The lowest BCUT2D eigenvalue weighted by molar-refractivity contribution is -0.150. The molecule has 9 heteroatoms. The van der Waals surface area contributed by atoms with E-state index in [9.17, 15) is 14.4 Å². The number of thiazole rings is 1. The summed E-state index contributed by atoms with van der Waals surface area (Å²) in [6.07, 6.45) is 3.89. The summed E-state index contributed by atoms with van der Waals surface area (Å²) in [6, 6.07) is 6.55. The van der Waals surface area contributed by atoms with Gasteiger partial charge in [0.2, 0.25) is 11.8 Å². The Morgan fingerprint density at radius 1 is 1.23 bits per heavy atom. The molecule has 3 rings (SSSR count). The van der Waals surface area contributed by atoms with Crippen LogP contribution in [0.1, 0.15) is 45.2 Å². The van der Waals surface area contributed by atoms with E-state index in [4.69, 9.17) is 9.47 Å². The number of amides is 2. The number of nitrogens with zero attached hydrogens (tertiary/aromatic N) is 2. The minimum atomic E-state index is -0.639. The predicted octanol–water partition coefficient (Wildman–Crippen LogP) is 3.57. The molecule has 1 N–H and O–H groups in total. The Bertz CT molecular complexity index is 939. The first kappa shape index (κ1) is 22.7. The zero-order valence-electron chi connectivity index (χ0n) is 17.9. The van der Waals surface area contributed by atoms with Crippen molar-refractivity contribution >= 4 is 39.9 Å². The molecule has 0 saturated heterocycles. The summed E-state index contributed by atoms with van der Waals surface area (Å²) < 4.78 is 10.8. The van der Waals surface area contributed by atoms with E-state index < -0.39 is 12.0 Å². The van der Waals surface area contributed by atoms with Crippen LogP contribution in [0.2, 0.25) is 0 Å². The van der Waals surface area contributed by atoms with Crippen molar-refractivity contribution in [3.05, 3.63) is 35.3 Å². The van der Waals surface area contributed by atoms with Crippen molar-refractivity contribution in [2.24, 2.45) is 5.92 Å². The summed E-state index contributed by atoms with van der Waals surface area (Å²) in [4.78, 5) is 42.5. The van der Waals surface area contributed by atoms with Crippen LogP contribution in [0.25, 0.3) is 0 Å². The quantitative estimate of drug-likeness (QED) is 0.624. The summed E-state index contributed by atoms with van der Waals surface area (Å²) in [5, 5.41) is 4.94. The Kier molecular flexibility index (Phi) is 7.62. The number of aromatic nitrogens is 1. The Hall–Kier alpha value is -2.94. The van der Waals surface area contributed by atoms with Crippen LogP contribution < -0.4 is 15.0 Å². The van der Waals surface area contributed by atoms with Gasteiger partial charge in [0.1, 0.15) is 18.4 Å². The number of methoxy groups -OCH3 is 1. The fraction of sp³-hybridized carbons (Fsp3) is 0.455. The van der Waals surface area contributed by atoms with Gasteiger partial charge in [0.25, 0.3) is 0 Å². The highest BCUT2D eigenvalue weighted by atomic mass is 32.1. The molecule has 1 aliphatic rings. The van der Waals surface area contributed by atoms with Crippen molar-refractivity contribution in [1.82, 2.24) is 10.3 Å². The molecule has 1 saturated carbocycles. The van der Waals surface area contributed by atoms with Gasteiger partial charge in [-0.15, -0.1) is 11.3 Å². The number of ether oxygens (including phenoxy) is 2. The topological polar surface area (TPSA) is 97.8 Å². The van der Waals surface area contributed by atoms with E-state index in [1.165, 1.54) is 30.1 Å². The van der Waals surface area contributed by atoms with Crippen LogP contribution in [0.5, 0.6) is 5.75 Å². The molecule has 2 aromatic rings. The molecule has 1 atom stereocenters. The van der Waals surface area contributed by atoms with Gasteiger partial charge in [-0.05, 0) is 30.9 Å². The lowest BCUT2D eigenvalue weighted by atomic mass is 9.98. The van der Waals surface area contributed by atoms with Crippen molar-refractivity contribution in [3.8, 4) is 5.75 Å². The molecular weight excluding hydrogens is 418 g/mol. The number of para-hydroxylation sites is 2. The van der Waals surface area contributed by atoms with Crippen LogP contribution in [0.15, 0.2) is 29.6 Å². The van der Waals surface area contributed by atoms with Gasteiger partial charge in [-0.25, -0.2) is 9.78 Å². The van der Waals surface area contributed by atoms with E-state index in [-0.39, 0.29) is 24.3 Å². The van der Waals surface area contributed by atoms with Crippen LogP contribution in [-0.2, 0) is 25.7 Å². The number of hydrogen-bond acceptors (Lipinski definition) is 7. The third-order valence-electron chi connectivity index (χ3n) is 5.22. The summed E-state index contributed by atoms with van der Waals surface area (Å²) in [5.41, 5.74) is 1.12. The molecule has 0 radical (unpaired) electrons. The summed E-state index contributed by atoms with van der Waals surface area (Å²) >= 11 is 1.27. The van der Waals surface area contributed by atoms with E-state index in [1.54, 1.807) is 24.6 Å². The average molecular weight is 446 g/mol. The van der Waals surface area contributed by atoms with Crippen molar-refractivity contribution in [2.45, 2.75) is 52.2 Å². The normalized spacial score (nSPS) is 14.7. The number of nitrogens with one attached hydrogen (secondary N) is 1. The second kappa shape index (κ2) is 10.4. The van der Waals surface area contributed by atoms with E-state index in [1.807, 2.05) is 12.1 Å². The van der Waals surface area contributed by atoms with Gasteiger partial charge in [0, 0.05) is 19.2 Å². The molecule has 0 bridgehead atoms. The van der Waals surface area contributed by atoms with E-state index in [0.29, 0.717) is 22.3 Å². The van der Waals surface area contributed by atoms with E-state index >= 15 is 0 Å². The molecular formula is C22H27N3O5S. The predicted molar refractivity (Wildman–Crippen MR) is 117 cm³/mol. The van der Waals surface area contributed by atoms with Crippen molar-refractivity contribution in [1.29, 1.82) is 0 Å². The maximum atomic E-state index is 12.7. The first-order valence-corrected chi connectivity index (χ1v) is 11.1. The van der Waals surface area contributed by atoms with Crippen molar-refractivity contribution < 1.29 is 23.9 Å². The third kappa shape index (κ3) is 5.61. The van der Waals surface area contributed by atoms with Gasteiger partial charge < -0.3 is 14.8 Å². The number of rotatable bonds is 8. The standard InChI is InChI=1S/C22H27N3O5S/c1-14(26)23-20(16-8-4-5-9-16)21(28)30-12-17-13-31-22(24-17)25(15(2)27)18-10-6-7-11-19(18)29-3/h6-7,10-11,13,16,20H,4-5,8-9,12H2,1-3H3,(H,23,26). The molecule has 1 fully saturated rings. The van der Waals surface area contributed by atoms with Gasteiger partial charge in [-0.1, -0.05) is 25.0 Å². The largest absolute Gasteiger partial charge is 0.495 e. The molecule has 1 heterocycles. The number of carbonyl (C=O) groups excluding carboxylic acids is 3. The zero-order valence-corrected chi connectivity index (χ0v) is 18.7. The Morgan fingerprint density at radius 3 is 2.58 bits per heavy atom. The average Bonchev–Trinajstić information content (AvgIpc) is 3.43. The van der Waals surface area contributed by atoms with Crippen LogP contribution >= 0.6 is 11.3 Å². The van der Waals surface area contributed by atoms with Crippen molar-refractivity contribution in [2.75, 3.05) is 12.0 Å². The first-order valence-electron chi connectivity index (χ1n) is 10.2. The third-order valence-corrected chi connectivity index (χ3v) is 6.09. The second-order valence-electron chi connectivity index (χ2n) is 7.48. The molecule has 8 nitrogen and oxygen atoms in total. The highest BCUT2D eigenvalue weighted by molar-refractivity contribution is 7.14. The number of esters is 1. The SMILES string of the molecule is COc1ccccc1N(C(C)=O)c1nc(COC(=O)C(NC(C)=O)C2CCCC2)cs1. The van der Waals surface area contributed by atoms with Crippen LogP contribution in [0.3, 0.4) is 0 Å². The molecule has 1 aromatic carbocycles. The maximum absolute atomic E-state index is 12.7. The van der Waals surface area contributed by atoms with Crippen LogP contribution in [0.4, 0.5) is 10.8 Å². The highest BCUT2D eigenvalue weighted by Gasteiger charge is 2.32.